The van der Waals surface area contributed by atoms with Gasteiger partial charge in [0, 0.05) is 10.9 Å². The quantitative estimate of drug-likeness (QED) is 0.376. The molecular formula is C23H19N3O3S3. The molecule has 1 N–H and O–H groups in total. The van der Waals surface area contributed by atoms with Gasteiger partial charge in [0.15, 0.2) is 5.13 Å². The van der Waals surface area contributed by atoms with Crippen LogP contribution in [-0.2, 0) is 9.59 Å². The zero-order valence-electron chi connectivity index (χ0n) is 17.1. The number of hydrogen-bond acceptors (Lipinski definition) is 7. The highest BCUT2D eigenvalue weighted by Gasteiger charge is 2.33. The van der Waals surface area contributed by atoms with E-state index < -0.39 is 0 Å². The fraction of sp³-hybridized carbons (Fsp3) is 0.130. The summed E-state index contributed by atoms with van der Waals surface area (Å²) in [6.07, 6.45) is 1.76. The fourth-order valence-electron chi connectivity index (χ4n) is 2.99. The molecule has 3 aromatic rings. The third-order valence-corrected chi connectivity index (χ3v) is 6.62. The lowest BCUT2D eigenvalue weighted by atomic mass is 10.2. The molecule has 0 aliphatic carbocycles. The highest BCUT2D eigenvalue weighted by Crippen LogP contribution is 2.33. The van der Waals surface area contributed by atoms with Crippen molar-refractivity contribution in [2.75, 3.05) is 18.5 Å². The van der Waals surface area contributed by atoms with Gasteiger partial charge in [0.2, 0.25) is 5.91 Å². The Hall–Kier alpha value is -3.01. The molecule has 0 saturated carbocycles. The molecule has 9 heteroatoms. The summed E-state index contributed by atoms with van der Waals surface area (Å²) in [5.74, 6) is 0.136. The number of carbonyl (C=O) groups is 2. The topological polar surface area (TPSA) is 71.5 Å². The van der Waals surface area contributed by atoms with E-state index in [9.17, 15) is 9.59 Å². The Balaban J connectivity index is 1.39. The summed E-state index contributed by atoms with van der Waals surface area (Å²) in [5.41, 5.74) is 2.62. The Kier molecular flexibility index (Phi) is 6.99. The first-order valence-corrected chi connectivity index (χ1v) is 11.9. The van der Waals surface area contributed by atoms with E-state index in [1.54, 1.807) is 6.08 Å². The Morgan fingerprint density at radius 1 is 1.19 bits per heavy atom. The van der Waals surface area contributed by atoms with Gasteiger partial charge in [0.1, 0.15) is 16.6 Å². The maximum atomic E-state index is 12.8. The summed E-state index contributed by atoms with van der Waals surface area (Å²) in [6.45, 7) is 2.35. The minimum absolute atomic E-state index is 0.161. The summed E-state index contributed by atoms with van der Waals surface area (Å²) in [4.78, 5) is 31.6. The smallest absolute Gasteiger partial charge is 0.266 e. The van der Waals surface area contributed by atoms with Crippen LogP contribution in [0, 0.1) is 0 Å². The van der Waals surface area contributed by atoms with Crippen molar-refractivity contribution >= 4 is 62.7 Å². The standard InChI is InChI=1S/C23H19N3O3S3/c1-2-29-17-10-8-15(9-11-17)12-19-21(28)26(23(30)32-19)13-20(27)25-22-24-18(14-31-22)16-6-4-3-5-7-16/h3-12,14H,2,13H2,1H3,(H,24,25,27)/b19-12-. The maximum absolute atomic E-state index is 12.8. The molecule has 2 amide bonds. The van der Waals surface area contributed by atoms with Gasteiger partial charge in [-0.2, -0.15) is 0 Å². The zero-order valence-corrected chi connectivity index (χ0v) is 19.6. The number of thioether (sulfide) groups is 1. The first kappa shape index (κ1) is 22.2. The monoisotopic (exact) mass is 481 g/mol. The molecule has 1 saturated heterocycles. The second-order valence-electron chi connectivity index (χ2n) is 6.72. The zero-order chi connectivity index (χ0) is 22.5. The number of rotatable bonds is 7. The van der Waals surface area contributed by atoms with Gasteiger partial charge in [-0.3, -0.25) is 14.5 Å². The number of aromatic nitrogens is 1. The number of benzene rings is 2. The van der Waals surface area contributed by atoms with Gasteiger partial charge in [0.05, 0.1) is 17.2 Å². The normalized spacial score (nSPS) is 14.8. The van der Waals surface area contributed by atoms with E-state index in [0.717, 1.165) is 22.6 Å². The SMILES string of the molecule is CCOc1ccc(/C=C2\SC(=S)N(CC(=O)Nc3nc(-c4ccccc4)cs3)C2=O)cc1. The predicted molar refractivity (Wildman–Crippen MR) is 134 cm³/mol. The van der Waals surface area contributed by atoms with Crippen molar-refractivity contribution in [3.63, 3.8) is 0 Å². The number of carbonyl (C=O) groups excluding carboxylic acids is 2. The number of thiocarbonyl (C=S) groups is 1. The summed E-state index contributed by atoms with van der Waals surface area (Å²) >= 11 is 7.85. The number of anilines is 1. The van der Waals surface area contributed by atoms with Crippen LogP contribution >= 0.6 is 35.3 Å². The minimum Gasteiger partial charge on any atom is -0.494 e. The van der Waals surface area contributed by atoms with Crippen LogP contribution in [0.3, 0.4) is 0 Å². The van der Waals surface area contributed by atoms with E-state index >= 15 is 0 Å². The average Bonchev–Trinajstić information content (AvgIpc) is 3.36. The molecule has 0 radical (unpaired) electrons. The van der Waals surface area contributed by atoms with E-state index in [-0.39, 0.29) is 18.4 Å². The van der Waals surface area contributed by atoms with Crippen LogP contribution in [0.1, 0.15) is 12.5 Å². The van der Waals surface area contributed by atoms with Crippen LogP contribution < -0.4 is 10.1 Å². The summed E-state index contributed by atoms with van der Waals surface area (Å²) in [7, 11) is 0. The number of nitrogens with zero attached hydrogens (tertiary/aromatic N) is 2. The lowest BCUT2D eigenvalue weighted by molar-refractivity contribution is -0.126. The molecule has 0 atom stereocenters. The van der Waals surface area contributed by atoms with Gasteiger partial charge < -0.3 is 10.1 Å². The van der Waals surface area contributed by atoms with E-state index in [0.29, 0.717) is 21.0 Å². The second kappa shape index (κ2) is 10.1. The van der Waals surface area contributed by atoms with Crippen molar-refractivity contribution in [3.8, 4) is 17.0 Å². The molecule has 1 aliphatic heterocycles. The second-order valence-corrected chi connectivity index (χ2v) is 9.26. The highest BCUT2D eigenvalue weighted by molar-refractivity contribution is 8.26. The van der Waals surface area contributed by atoms with E-state index in [1.165, 1.54) is 28.0 Å². The molecule has 2 aromatic carbocycles. The number of amides is 2. The van der Waals surface area contributed by atoms with Crippen molar-refractivity contribution in [2.24, 2.45) is 0 Å². The Bertz CT molecular complexity index is 1170. The molecule has 0 unspecified atom stereocenters. The molecule has 6 nitrogen and oxygen atoms in total. The van der Waals surface area contributed by atoms with Gasteiger partial charge in [-0.05, 0) is 30.7 Å². The lowest BCUT2D eigenvalue weighted by Gasteiger charge is -2.13. The van der Waals surface area contributed by atoms with Crippen LogP contribution in [0.5, 0.6) is 5.75 Å². The molecule has 0 bridgehead atoms. The maximum Gasteiger partial charge on any atom is 0.266 e. The van der Waals surface area contributed by atoms with Gasteiger partial charge in [0.25, 0.3) is 5.91 Å². The van der Waals surface area contributed by atoms with Crippen molar-refractivity contribution in [3.05, 3.63) is 70.4 Å². The Labute approximate surface area is 199 Å². The minimum atomic E-state index is -0.349. The van der Waals surface area contributed by atoms with Gasteiger partial charge in [-0.15, -0.1) is 11.3 Å². The van der Waals surface area contributed by atoms with Crippen LogP contribution in [0.25, 0.3) is 17.3 Å². The van der Waals surface area contributed by atoms with E-state index in [1.807, 2.05) is 66.9 Å². The summed E-state index contributed by atoms with van der Waals surface area (Å²) < 4.78 is 5.79. The third-order valence-electron chi connectivity index (χ3n) is 4.48. The van der Waals surface area contributed by atoms with Crippen LogP contribution in [0.4, 0.5) is 5.13 Å². The van der Waals surface area contributed by atoms with Crippen LogP contribution in [-0.4, -0.2) is 39.2 Å². The van der Waals surface area contributed by atoms with Crippen molar-refractivity contribution in [2.45, 2.75) is 6.92 Å². The highest BCUT2D eigenvalue weighted by atomic mass is 32.2. The molecular weight excluding hydrogens is 462 g/mol. The van der Waals surface area contributed by atoms with Gasteiger partial charge in [-0.1, -0.05) is 66.4 Å². The molecule has 1 fully saturated rings. The largest absolute Gasteiger partial charge is 0.494 e. The number of nitrogens with one attached hydrogen (secondary N) is 1. The number of thiazole rings is 1. The number of hydrogen-bond donors (Lipinski definition) is 1. The molecule has 32 heavy (non-hydrogen) atoms. The van der Waals surface area contributed by atoms with Gasteiger partial charge in [-0.25, -0.2) is 4.98 Å². The van der Waals surface area contributed by atoms with Crippen molar-refractivity contribution in [1.29, 1.82) is 0 Å². The van der Waals surface area contributed by atoms with Crippen LogP contribution in [0.15, 0.2) is 64.9 Å². The molecule has 4 rings (SSSR count). The third kappa shape index (κ3) is 5.24. The van der Waals surface area contributed by atoms with E-state index in [4.69, 9.17) is 17.0 Å². The van der Waals surface area contributed by atoms with Gasteiger partial charge >= 0.3 is 0 Å². The van der Waals surface area contributed by atoms with Crippen molar-refractivity contribution < 1.29 is 14.3 Å². The summed E-state index contributed by atoms with van der Waals surface area (Å²) in [6, 6.07) is 17.2. The number of ether oxygens (including phenoxy) is 1. The van der Waals surface area contributed by atoms with Crippen molar-refractivity contribution in [1.82, 2.24) is 9.88 Å². The molecule has 2 heterocycles. The fourth-order valence-corrected chi connectivity index (χ4v) is 4.98. The predicted octanol–water partition coefficient (Wildman–Crippen LogP) is 5.05. The van der Waals surface area contributed by atoms with Crippen LogP contribution in [0.2, 0.25) is 0 Å². The molecule has 1 aliphatic rings. The molecule has 1 aromatic heterocycles. The first-order chi connectivity index (χ1) is 15.5. The lowest BCUT2D eigenvalue weighted by Crippen LogP contribution is -2.36. The average molecular weight is 482 g/mol. The Morgan fingerprint density at radius 2 is 1.94 bits per heavy atom. The Morgan fingerprint density at radius 3 is 2.66 bits per heavy atom. The van der Waals surface area contributed by atoms with E-state index in [2.05, 4.69) is 10.3 Å². The first-order valence-electron chi connectivity index (χ1n) is 9.82. The molecule has 0 spiro atoms. The molecule has 162 valence electrons. The summed E-state index contributed by atoms with van der Waals surface area (Å²) in [5, 5.41) is 5.11.